The Morgan fingerprint density at radius 3 is 2.76 bits per heavy atom. The third-order valence-electron chi connectivity index (χ3n) is 2.99. The highest BCUT2D eigenvalue weighted by molar-refractivity contribution is 7.89. The van der Waals surface area contributed by atoms with E-state index >= 15 is 0 Å². The Bertz CT molecular complexity index is 681. The van der Waals surface area contributed by atoms with E-state index in [1.165, 1.54) is 19.4 Å². The topological polar surface area (TPSA) is 94.6 Å². The predicted molar refractivity (Wildman–Crippen MR) is 78.5 cm³/mol. The molecule has 7 heteroatoms. The van der Waals surface area contributed by atoms with Gasteiger partial charge in [0.1, 0.15) is 11.5 Å². The minimum atomic E-state index is -3.64. The number of ether oxygens (including phenoxy) is 1. The second kappa shape index (κ2) is 6.75. The van der Waals surface area contributed by atoms with Gasteiger partial charge in [-0.25, -0.2) is 13.1 Å². The van der Waals surface area contributed by atoms with Gasteiger partial charge in [-0.2, -0.15) is 0 Å². The number of benzene rings is 1. The average molecular weight is 310 g/mol. The largest absolute Gasteiger partial charge is 0.497 e. The molecule has 21 heavy (non-hydrogen) atoms. The minimum absolute atomic E-state index is 0.101. The van der Waals surface area contributed by atoms with Crippen LogP contribution in [0.3, 0.4) is 0 Å². The lowest BCUT2D eigenvalue weighted by atomic mass is 10.1. The van der Waals surface area contributed by atoms with Crippen molar-refractivity contribution in [2.45, 2.75) is 17.9 Å². The summed E-state index contributed by atoms with van der Waals surface area (Å²) < 4.78 is 37.5. The van der Waals surface area contributed by atoms with E-state index in [0.29, 0.717) is 30.0 Å². The van der Waals surface area contributed by atoms with Crippen molar-refractivity contribution in [2.24, 2.45) is 5.73 Å². The second-order valence-electron chi connectivity index (χ2n) is 4.42. The molecule has 0 spiro atoms. The summed E-state index contributed by atoms with van der Waals surface area (Å²) in [6.07, 6.45) is 1.95. The van der Waals surface area contributed by atoms with Gasteiger partial charge in [-0.15, -0.1) is 0 Å². The maximum absolute atomic E-state index is 12.4. The van der Waals surface area contributed by atoms with Crippen molar-refractivity contribution in [3.05, 3.63) is 47.9 Å². The van der Waals surface area contributed by atoms with E-state index < -0.39 is 10.0 Å². The molecule has 0 saturated carbocycles. The van der Waals surface area contributed by atoms with E-state index in [0.717, 1.165) is 0 Å². The first-order valence-corrected chi connectivity index (χ1v) is 7.94. The highest BCUT2D eigenvalue weighted by atomic mass is 32.2. The second-order valence-corrected chi connectivity index (χ2v) is 6.15. The quantitative estimate of drug-likeness (QED) is 0.803. The Morgan fingerprint density at radius 2 is 2.14 bits per heavy atom. The summed E-state index contributed by atoms with van der Waals surface area (Å²) in [6, 6.07) is 8.23. The lowest BCUT2D eigenvalue weighted by Gasteiger charge is -2.12. The van der Waals surface area contributed by atoms with E-state index in [1.807, 2.05) is 0 Å². The highest BCUT2D eigenvalue weighted by Gasteiger charge is 2.19. The van der Waals surface area contributed by atoms with Gasteiger partial charge in [0.2, 0.25) is 10.0 Å². The van der Waals surface area contributed by atoms with Crippen LogP contribution in [0.1, 0.15) is 11.3 Å². The van der Waals surface area contributed by atoms with Crippen LogP contribution < -0.4 is 15.2 Å². The Kier molecular flexibility index (Phi) is 5.00. The van der Waals surface area contributed by atoms with Gasteiger partial charge in [-0.3, -0.25) is 0 Å². The molecule has 0 bridgehead atoms. The number of furan rings is 1. The predicted octanol–water partition coefficient (Wildman–Crippen LogP) is 1.27. The summed E-state index contributed by atoms with van der Waals surface area (Å²) in [7, 11) is -2.10. The number of hydrogen-bond donors (Lipinski definition) is 2. The molecule has 3 N–H and O–H groups in total. The van der Waals surface area contributed by atoms with E-state index in [2.05, 4.69) is 4.72 Å². The van der Waals surface area contributed by atoms with Crippen LogP contribution in [0.5, 0.6) is 5.75 Å². The van der Waals surface area contributed by atoms with Crippen molar-refractivity contribution >= 4 is 10.0 Å². The van der Waals surface area contributed by atoms with Crippen LogP contribution in [0.25, 0.3) is 0 Å². The number of nitrogens with two attached hydrogens (primary N) is 1. The molecule has 0 unspecified atom stereocenters. The average Bonchev–Trinajstić information content (AvgIpc) is 2.99. The molecule has 0 amide bonds. The van der Waals surface area contributed by atoms with E-state index in [9.17, 15) is 8.42 Å². The molecule has 0 aliphatic rings. The number of hydrogen-bond acceptors (Lipinski definition) is 5. The summed E-state index contributed by atoms with van der Waals surface area (Å²) in [5.74, 6) is 1.15. The van der Waals surface area contributed by atoms with Gasteiger partial charge >= 0.3 is 0 Å². The van der Waals surface area contributed by atoms with Gasteiger partial charge < -0.3 is 14.9 Å². The molecule has 0 atom stereocenters. The molecule has 1 aromatic carbocycles. The Labute approximate surface area is 124 Å². The van der Waals surface area contributed by atoms with E-state index in [4.69, 9.17) is 14.9 Å². The van der Waals surface area contributed by atoms with Crippen molar-refractivity contribution in [3.8, 4) is 5.75 Å². The van der Waals surface area contributed by atoms with Crippen molar-refractivity contribution < 1.29 is 17.6 Å². The van der Waals surface area contributed by atoms with E-state index in [-0.39, 0.29) is 11.4 Å². The number of rotatable bonds is 7. The van der Waals surface area contributed by atoms with Crippen LogP contribution in [-0.4, -0.2) is 22.1 Å². The normalized spacial score (nSPS) is 11.5. The molecular weight excluding hydrogens is 292 g/mol. The zero-order valence-corrected chi connectivity index (χ0v) is 12.5. The fourth-order valence-corrected chi connectivity index (χ4v) is 3.19. The van der Waals surface area contributed by atoms with Gasteiger partial charge in [-0.1, -0.05) is 0 Å². The maximum atomic E-state index is 12.4. The first kappa shape index (κ1) is 15.6. The van der Waals surface area contributed by atoms with Gasteiger partial charge in [-0.05, 0) is 48.9 Å². The Balaban J connectivity index is 2.25. The molecule has 114 valence electrons. The van der Waals surface area contributed by atoms with Gasteiger partial charge in [0.25, 0.3) is 0 Å². The Hall–Kier alpha value is -1.83. The summed E-state index contributed by atoms with van der Waals surface area (Å²) in [4.78, 5) is 0.209. The third-order valence-corrected chi connectivity index (χ3v) is 4.49. The van der Waals surface area contributed by atoms with Crippen LogP contribution in [0.4, 0.5) is 0 Å². The Morgan fingerprint density at radius 1 is 1.33 bits per heavy atom. The first-order valence-electron chi connectivity index (χ1n) is 6.46. The summed E-state index contributed by atoms with van der Waals surface area (Å²) in [6.45, 7) is 0.456. The van der Waals surface area contributed by atoms with Gasteiger partial charge in [0, 0.05) is 0 Å². The standard InChI is InChI=1S/C14H18N2O4S/c1-19-12-4-5-14(11(9-12)6-7-15)21(17,18)16-10-13-3-2-8-20-13/h2-5,8-9,16H,6-7,10,15H2,1H3. The SMILES string of the molecule is COc1ccc(S(=O)(=O)NCc2ccco2)c(CCN)c1. The monoisotopic (exact) mass is 310 g/mol. The smallest absolute Gasteiger partial charge is 0.241 e. The van der Waals surface area contributed by atoms with Crippen molar-refractivity contribution in [1.29, 1.82) is 0 Å². The van der Waals surface area contributed by atoms with Crippen LogP contribution in [0, 0.1) is 0 Å². The molecule has 0 fully saturated rings. The summed E-state index contributed by atoms with van der Waals surface area (Å²) >= 11 is 0. The van der Waals surface area contributed by atoms with Crippen molar-refractivity contribution in [2.75, 3.05) is 13.7 Å². The third kappa shape index (κ3) is 3.84. The summed E-state index contributed by atoms with van der Waals surface area (Å²) in [5, 5.41) is 0. The van der Waals surface area contributed by atoms with E-state index in [1.54, 1.807) is 24.3 Å². The van der Waals surface area contributed by atoms with Gasteiger partial charge in [0.05, 0.1) is 24.8 Å². The number of nitrogens with one attached hydrogen (secondary N) is 1. The maximum Gasteiger partial charge on any atom is 0.241 e. The highest BCUT2D eigenvalue weighted by Crippen LogP contribution is 2.22. The van der Waals surface area contributed by atoms with Crippen molar-refractivity contribution in [1.82, 2.24) is 4.72 Å². The van der Waals surface area contributed by atoms with Crippen LogP contribution in [0.15, 0.2) is 45.9 Å². The number of methoxy groups -OCH3 is 1. The van der Waals surface area contributed by atoms with Crippen LogP contribution in [-0.2, 0) is 23.0 Å². The fourth-order valence-electron chi connectivity index (χ4n) is 1.95. The van der Waals surface area contributed by atoms with Crippen LogP contribution in [0.2, 0.25) is 0 Å². The van der Waals surface area contributed by atoms with Crippen molar-refractivity contribution in [3.63, 3.8) is 0 Å². The summed E-state index contributed by atoms with van der Waals surface area (Å²) in [5.41, 5.74) is 6.17. The lowest BCUT2D eigenvalue weighted by molar-refractivity contribution is 0.413. The molecule has 0 radical (unpaired) electrons. The first-order chi connectivity index (χ1) is 10.1. The number of sulfonamides is 1. The zero-order chi connectivity index (χ0) is 15.3. The molecule has 0 aliphatic heterocycles. The molecule has 1 heterocycles. The molecular formula is C14H18N2O4S. The van der Waals surface area contributed by atoms with Crippen LogP contribution >= 0.6 is 0 Å². The zero-order valence-electron chi connectivity index (χ0n) is 11.7. The molecule has 2 aromatic rings. The fraction of sp³-hybridized carbons (Fsp3) is 0.286. The molecule has 6 nitrogen and oxygen atoms in total. The molecule has 0 saturated heterocycles. The minimum Gasteiger partial charge on any atom is -0.497 e. The molecule has 1 aromatic heterocycles. The molecule has 2 rings (SSSR count). The lowest BCUT2D eigenvalue weighted by Crippen LogP contribution is -2.24. The molecule has 0 aliphatic carbocycles. The van der Waals surface area contributed by atoms with Gasteiger partial charge in [0.15, 0.2) is 0 Å².